The molecule has 0 spiro atoms. The number of fused-ring (bicyclic) bond motifs is 1. The molecule has 0 aliphatic carbocycles. The highest BCUT2D eigenvalue weighted by atomic mass is 16.3. The largest absolute Gasteiger partial charge is 0.375 e. The predicted molar refractivity (Wildman–Crippen MR) is 122 cm³/mol. The van der Waals surface area contributed by atoms with Crippen LogP contribution < -0.4 is 4.90 Å². The van der Waals surface area contributed by atoms with Crippen LogP contribution in [0.3, 0.4) is 0 Å². The molecule has 0 saturated carbocycles. The van der Waals surface area contributed by atoms with Crippen molar-refractivity contribution in [3.63, 3.8) is 0 Å². The molecule has 1 aliphatic rings. The lowest BCUT2D eigenvalue weighted by Gasteiger charge is -2.23. The van der Waals surface area contributed by atoms with Gasteiger partial charge in [0.15, 0.2) is 11.4 Å². The molecule has 1 atom stereocenters. The van der Waals surface area contributed by atoms with Gasteiger partial charge < -0.3 is 10.0 Å². The second-order valence-electron chi connectivity index (χ2n) is 8.07. The van der Waals surface area contributed by atoms with Crippen molar-refractivity contribution in [3.05, 3.63) is 101 Å². The normalized spacial score (nSPS) is 17.6. The van der Waals surface area contributed by atoms with Gasteiger partial charge in [-0.25, -0.2) is 0 Å². The fraction of sp³-hybridized carbons (Fsp3) is 0.259. The SMILES string of the molecule is CCc1ccc(C(=O)C[C@@]2(O)C(=O)N(CCCc3ccccc3)c3ccccc32)cc1. The number of rotatable bonds is 8. The molecule has 4 heteroatoms. The standard InChI is InChI=1S/C27H27NO3/c1-2-20-14-16-22(17-15-20)25(29)19-27(31)23-12-6-7-13-24(23)28(26(27)30)18-8-11-21-9-4-3-5-10-21/h3-7,9-10,12-17,31H,2,8,11,18-19H2,1H3/t27-/m0/s1. The quantitative estimate of drug-likeness (QED) is 0.545. The minimum Gasteiger partial charge on any atom is -0.375 e. The second kappa shape index (κ2) is 8.86. The van der Waals surface area contributed by atoms with Crippen molar-refractivity contribution in [3.8, 4) is 0 Å². The molecule has 4 rings (SSSR count). The minimum absolute atomic E-state index is 0.237. The highest BCUT2D eigenvalue weighted by molar-refractivity contribution is 6.10. The summed E-state index contributed by atoms with van der Waals surface area (Å²) in [5.74, 6) is -0.653. The summed E-state index contributed by atoms with van der Waals surface area (Å²) in [5.41, 5.74) is 2.24. The van der Waals surface area contributed by atoms with Gasteiger partial charge >= 0.3 is 0 Å². The van der Waals surface area contributed by atoms with Gasteiger partial charge in [0.05, 0.1) is 12.1 Å². The van der Waals surface area contributed by atoms with Gasteiger partial charge in [0, 0.05) is 17.7 Å². The van der Waals surface area contributed by atoms with Crippen LogP contribution in [0.5, 0.6) is 0 Å². The molecule has 158 valence electrons. The van der Waals surface area contributed by atoms with E-state index in [4.69, 9.17) is 0 Å². The van der Waals surface area contributed by atoms with Crippen LogP contribution in [0.25, 0.3) is 0 Å². The van der Waals surface area contributed by atoms with Gasteiger partial charge in [-0.2, -0.15) is 0 Å². The Morgan fingerprint density at radius 3 is 2.29 bits per heavy atom. The zero-order chi connectivity index (χ0) is 21.8. The number of ketones is 1. The van der Waals surface area contributed by atoms with Crippen LogP contribution in [-0.2, 0) is 23.2 Å². The molecule has 0 fully saturated rings. The molecule has 1 amide bonds. The predicted octanol–water partition coefficient (Wildman–Crippen LogP) is 4.69. The Balaban J connectivity index is 1.53. The lowest BCUT2D eigenvalue weighted by Crippen LogP contribution is -2.42. The Morgan fingerprint density at radius 2 is 1.58 bits per heavy atom. The second-order valence-corrected chi connectivity index (χ2v) is 8.07. The van der Waals surface area contributed by atoms with E-state index < -0.39 is 11.5 Å². The van der Waals surface area contributed by atoms with Gasteiger partial charge in [-0.15, -0.1) is 0 Å². The zero-order valence-electron chi connectivity index (χ0n) is 17.8. The zero-order valence-corrected chi connectivity index (χ0v) is 17.8. The number of carbonyl (C=O) groups excluding carboxylic acids is 2. The van der Waals surface area contributed by atoms with Crippen LogP contribution in [0.2, 0.25) is 0 Å². The molecule has 4 nitrogen and oxygen atoms in total. The van der Waals surface area contributed by atoms with Crippen LogP contribution in [-0.4, -0.2) is 23.3 Å². The number of amides is 1. The van der Waals surface area contributed by atoms with Crippen LogP contribution in [0.1, 0.15) is 46.8 Å². The topological polar surface area (TPSA) is 57.6 Å². The van der Waals surface area contributed by atoms with E-state index >= 15 is 0 Å². The highest BCUT2D eigenvalue weighted by Crippen LogP contribution is 2.43. The van der Waals surface area contributed by atoms with Crippen LogP contribution in [0.15, 0.2) is 78.9 Å². The van der Waals surface area contributed by atoms with E-state index in [2.05, 4.69) is 19.1 Å². The van der Waals surface area contributed by atoms with E-state index in [9.17, 15) is 14.7 Å². The van der Waals surface area contributed by atoms with Crippen molar-refractivity contribution in [2.24, 2.45) is 0 Å². The van der Waals surface area contributed by atoms with Gasteiger partial charge in [-0.3, -0.25) is 9.59 Å². The van der Waals surface area contributed by atoms with Crippen LogP contribution in [0.4, 0.5) is 5.69 Å². The fourth-order valence-electron chi connectivity index (χ4n) is 4.25. The Hall–Kier alpha value is -3.24. The lowest BCUT2D eigenvalue weighted by molar-refractivity contribution is -0.135. The smallest absolute Gasteiger partial charge is 0.264 e. The minimum atomic E-state index is -1.83. The maximum Gasteiger partial charge on any atom is 0.264 e. The first-order chi connectivity index (χ1) is 15.0. The van der Waals surface area contributed by atoms with E-state index in [1.54, 1.807) is 29.2 Å². The van der Waals surface area contributed by atoms with Gasteiger partial charge in [0.25, 0.3) is 5.91 Å². The summed E-state index contributed by atoms with van der Waals surface area (Å²) < 4.78 is 0. The van der Waals surface area contributed by atoms with Crippen molar-refractivity contribution >= 4 is 17.4 Å². The number of aryl methyl sites for hydroxylation is 2. The van der Waals surface area contributed by atoms with E-state index in [0.29, 0.717) is 23.4 Å². The monoisotopic (exact) mass is 413 g/mol. The first-order valence-electron chi connectivity index (χ1n) is 10.8. The summed E-state index contributed by atoms with van der Waals surface area (Å²) >= 11 is 0. The van der Waals surface area contributed by atoms with Crippen molar-refractivity contribution < 1.29 is 14.7 Å². The summed E-state index contributed by atoms with van der Waals surface area (Å²) in [4.78, 5) is 27.9. The first-order valence-corrected chi connectivity index (χ1v) is 10.8. The number of hydrogen-bond acceptors (Lipinski definition) is 3. The number of para-hydroxylation sites is 1. The lowest BCUT2D eigenvalue weighted by atomic mass is 9.88. The molecule has 3 aromatic rings. The number of aliphatic hydroxyl groups is 1. The Kier molecular flexibility index (Phi) is 6.01. The maximum absolute atomic E-state index is 13.3. The molecule has 0 unspecified atom stereocenters. The van der Waals surface area contributed by atoms with Crippen LogP contribution >= 0.6 is 0 Å². The molecule has 0 saturated heterocycles. The third-order valence-corrected chi connectivity index (χ3v) is 6.03. The molecule has 1 heterocycles. The molecular weight excluding hydrogens is 386 g/mol. The van der Waals surface area contributed by atoms with Gasteiger partial charge in [-0.05, 0) is 36.5 Å². The molecule has 3 aromatic carbocycles. The molecule has 0 aromatic heterocycles. The average Bonchev–Trinajstić information content (AvgIpc) is 3.01. The van der Waals surface area contributed by atoms with Crippen molar-refractivity contribution in [2.75, 3.05) is 11.4 Å². The maximum atomic E-state index is 13.3. The molecule has 31 heavy (non-hydrogen) atoms. The fourth-order valence-corrected chi connectivity index (χ4v) is 4.25. The molecule has 0 radical (unpaired) electrons. The summed E-state index contributed by atoms with van der Waals surface area (Å²) in [5, 5.41) is 11.4. The third kappa shape index (κ3) is 4.17. The highest BCUT2D eigenvalue weighted by Gasteiger charge is 2.50. The third-order valence-electron chi connectivity index (χ3n) is 6.03. The Morgan fingerprint density at radius 1 is 0.903 bits per heavy atom. The summed E-state index contributed by atoms with van der Waals surface area (Å²) in [6.07, 6.45) is 2.24. The number of carbonyl (C=O) groups is 2. The summed E-state index contributed by atoms with van der Waals surface area (Å²) in [7, 11) is 0. The van der Waals surface area contributed by atoms with Gasteiger partial charge in [0.1, 0.15) is 0 Å². The van der Waals surface area contributed by atoms with E-state index in [1.165, 1.54) is 5.56 Å². The van der Waals surface area contributed by atoms with E-state index in [1.807, 2.05) is 42.5 Å². The van der Waals surface area contributed by atoms with E-state index in [0.717, 1.165) is 24.8 Å². The van der Waals surface area contributed by atoms with Crippen molar-refractivity contribution in [1.29, 1.82) is 0 Å². The molecule has 1 aliphatic heterocycles. The molecule has 0 bridgehead atoms. The molecular formula is C27H27NO3. The van der Waals surface area contributed by atoms with Gasteiger partial charge in [0.2, 0.25) is 0 Å². The number of hydrogen-bond donors (Lipinski definition) is 1. The number of benzene rings is 3. The molecule has 1 N–H and O–H groups in total. The average molecular weight is 414 g/mol. The number of Topliss-reactive ketones (excluding diaryl/α,β-unsaturated/α-hetero) is 1. The van der Waals surface area contributed by atoms with E-state index in [-0.39, 0.29) is 12.2 Å². The summed E-state index contributed by atoms with van der Waals surface area (Å²) in [6.45, 7) is 2.55. The summed E-state index contributed by atoms with van der Waals surface area (Å²) in [6, 6.07) is 24.7. The number of anilines is 1. The van der Waals surface area contributed by atoms with Crippen LogP contribution in [0, 0.1) is 0 Å². The van der Waals surface area contributed by atoms with Gasteiger partial charge in [-0.1, -0.05) is 79.7 Å². The number of nitrogens with zero attached hydrogens (tertiary/aromatic N) is 1. The van der Waals surface area contributed by atoms with Crippen molar-refractivity contribution in [1.82, 2.24) is 0 Å². The Labute approximate surface area is 183 Å². The first kappa shape index (κ1) is 21.0. The van der Waals surface area contributed by atoms with Crippen molar-refractivity contribution in [2.45, 2.75) is 38.2 Å². The Bertz CT molecular complexity index is 1080.